The van der Waals surface area contributed by atoms with Gasteiger partial charge in [0.2, 0.25) is 5.88 Å². The van der Waals surface area contributed by atoms with Gasteiger partial charge in [0, 0.05) is 6.20 Å². The number of imidazole rings is 1. The Balaban J connectivity index is 2.49. The van der Waals surface area contributed by atoms with Gasteiger partial charge in [0.25, 0.3) is 0 Å². The number of esters is 1. The highest BCUT2D eigenvalue weighted by atomic mass is 16.5. The first-order valence-corrected chi connectivity index (χ1v) is 9.86. The Bertz CT molecular complexity index is 920. The van der Waals surface area contributed by atoms with Crippen LogP contribution in [0.4, 0.5) is 0 Å². The van der Waals surface area contributed by atoms with Gasteiger partial charge in [-0.3, -0.25) is 4.40 Å². The van der Waals surface area contributed by atoms with Crippen LogP contribution in [0.3, 0.4) is 0 Å². The lowest BCUT2D eigenvalue weighted by Crippen LogP contribution is -2.10. The highest BCUT2D eigenvalue weighted by Crippen LogP contribution is 2.29. The monoisotopic (exact) mass is 399 g/mol. The van der Waals surface area contributed by atoms with Crippen LogP contribution in [0, 0.1) is 17.2 Å². The number of ether oxygens (including phenoxy) is 3. The summed E-state index contributed by atoms with van der Waals surface area (Å²) in [4.78, 5) is 16.9. The average Bonchev–Trinajstić information content (AvgIpc) is 2.96. The molecule has 0 aliphatic rings. The van der Waals surface area contributed by atoms with Gasteiger partial charge in [-0.25, -0.2) is 4.79 Å². The summed E-state index contributed by atoms with van der Waals surface area (Å²) in [5.41, 5.74) is 0.924. The van der Waals surface area contributed by atoms with E-state index >= 15 is 0 Å². The predicted octanol–water partition coefficient (Wildman–Crippen LogP) is 4.40. The molecule has 0 saturated carbocycles. The Labute approximate surface area is 171 Å². The molecule has 0 spiro atoms. The van der Waals surface area contributed by atoms with E-state index in [1.165, 1.54) is 6.08 Å². The van der Waals surface area contributed by atoms with E-state index < -0.39 is 5.97 Å². The number of hydrogen-bond donors (Lipinski definition) is 0. The van der Waals surface area contributed by atoms with Crippen molar-refractivity contribution in [1.29, 1.82) is 5.26 Å². The van der Waals surface area contributed by atoms with Crippen molar-refractivity contribution < 1.29 is 19.0 Å². The molecule has 7 nitrogen and oxygen atoms in total. The van der Waals surface area contributed by atoms with Crippen LogP contribution in [0.1, 0.15) is 53.7 Å². The van der Waals surface area contributed by atoms with E-state index in [0.29, 0.717) is 28.9 Å². The maximum atomic E-state index is 12.4. The van der Waals surface area contributed by atoms with E-state index in [4.69, 9.17) is 14.2 Å². The highest BCUT2D eigenvalue weighted by Gasteiger charge is 2.20. The number of hydrogen-bond acceptors (Lipinski definition) is 6. The number of rotatable bonds is 9. The van der Waals surface area contributed by atoms with Gasteiger partial charge < -0.3 is 14.2 Å². The number of pyridine rings is 1. The first kappa shape index (κ1) is 22.3. The summed E-state index contributed by atoms with van der Waals surface area (Å²) in [5, 5.41) is 9.51. The van der Waals surface area contributed by atoms with E-state index in [-0.39, 0.29) is 24.4 Å². The summed E-state index contributed by atoms with van der Waals surface area (Å²) in [6, 6.07) is 5.56. The summed E-state index contributed by atoms with van der Waals surface area (Å²) in [6.07, 6.45) is 3.81. The van der Waals surface area contributed by atoms with Gasteiger partial charge in [0.1, 0.15) is 17.3 Å². The van der Waals surface area contributed by atoms with Gasteiger partial charge in [-0.1, -0.05) is 13.8 Å². The molecule has 0 fully saturated rings. The number of nitriles is 1. The van der Waals surface area contributed by atoms with Crippen LogP contribution in [0.2, 0.25) is 0 Å². The molecular weight excluding hydrogens is 370 g/mol. The van der Waals surface area contributed by atoms with E-state index in [2.05, 4.69) is 4.98 Å². The molecule has 0 bridgehead atoms. The molecule has 29 heavy (non-hydrogen) atoms. The zero-order valence-electron chi connectivity index (χ0n) is 17.9. The van der Waals surface area contributed by atoms with Crippen molar-refractivity contribution >= 4 is 17.7 Å². The Morgan fingerprint density at radius 2 is 1.90 bits per heavy atom. The zero-order valence-corrected chi connectivity index (χ0v) is 17.9. The lowest BCUT2D eigenvalue weighted by molar-refractivity contribution is -0.138. The molecule has 2 aromatic heterocycles. The molecule has 0 saturated heterocycles. The third-order valence-electron chi connectivity index (χ3n) is 3.88. The molecule has 0 aliphatic carbocycles. The number of fused-ring (bicyclic) bond motifs is 1. The van der Waals surface area contributed by atoms with Crippen LogP contribution in [0.25, 0.3) is 11.7 Å². The van der Waals surface area contributed by atoms with Crippen molar-refractivity contribution in [1.82, 2.24) is 9.38 Å². The molecule has 2 rings (SSSR count). The molecule has 0 atom stereocenters. The van der Waals surface area contributed by atoms with Crippen molar-refractivity contribution in [3.63, 3.8) is 0 Å². The molecule has 0 aromatic carbocycles. The third-order valence-corrected chi connectivity index (χ3v) is 3.88. The summed E-state index contributed by atoms with van der Waals surface area (Å²) in [7, 11) is 0. The number of carbonyl (C=O) groups is 1. The predicted molar refractivity (Wildman–Crippen MR) is 111 cm³/mol. The molecule has 2 heterocycles. The first-order chi connectivity index (χ1) is 13.7. The van der Waals surface area contributed by atoms with Crippen LogP contribution >= 0.6 is 0 Å². The summed E-state index contributed by atoms with van der Waals surface area (Å²) >= 11 is 0. The molecule has 0 aliphatic heterocycles. The molecule has 0 unspecified atom stereocenters. The minimum absolute atomic E-state index is 0.0306. The Kier molecular flexibility index (Phi) is 7.66. The van der Waals surface area contributed by atoms with Gasteiger partial charge in [0.15, 0.2) is 11.4 Å². The summed E-state index contributed by atoms with van der Waals surface area (Å²) in [6.45, 7) is 12.0. The lowest BCUT2D eigenvalue weighted by Gasteiger charge is -2.10. The third kappa shape index (κ3) is 5.98. The van der Waals surface area contributed by atoms with Crippen molar-refractivity contribution in [2.45, 2.75) is 60.2 Å². The largest absolute Gasteiger partial charge is 0.487 e. The number of carbonyl (C=O) groups excluding carboxylic acids is 1. The molecular formula is C22H29N3O4. The van der Waals surface area contributed by atoms with Gasteiger partial charge in [-0.15, -0.1) is 0 Å². The molecule has 156 valence electrons. The Morgan fingerprint density at radius 3 is 2.48 bits per heavy atom. The normalized spacial score (nSPS) is 11.9. The Hall–Kier alpha value is -3.01. The minimum Gasteiger partial charge on any atom is -0.487 e. The van der Waals surface area contributed by atoms with E-state index in [1.54, 1.807) is 10.6 Å². The van der Waals surface area contributed by atoms with Crippen LogP contribution in [-0.4, -0.2) is 34.2 Å². The zero-order chi connectivity index (χ0) is 21.6. The van der Waals surface area contributed by atoms with Crippen molar-refractivity contribution in [3.05, 3.63) is 29.6 Å². The van der Waals surface area contributed by atoms with Gasteiger partial charge in [0.05, 0.1) is 18.8 Å². The van der Waals surface area contributed by atoms with Crippen LogP contribution in [-0.2, 0) is 9.53 Å². The van der Waals surface area contributed by atoms with Gasteiger partial charge in [-0.05, 0) is 58.2 Å². The van der Waals surface area contributed by atoms with Crippen molar-refractivity contribution in [2.75, 3.05) is 6.61 Å². The second-order valence-corrected chi connectivity index (χ2v) is 7.69. The van der Waals surface area contributed by atoms with Crippen molar-refractivity contribution in [2.24, 2.45) is 5.92 Å². The smallest absolute Gasteiger partial charge is 0.348 e. The second-order valence-electron chi connectivity index (χ2n) is 7.69. The molecule has 7 heteroatoms. The molecule has 0 radical (unpaired) electrons. The fraction of sp³-hybridized carbons (Fsp3) is 0.500. The molecule has 0 N–H and O–H groups in total. The van der Waals surface area contributed by atoms with E-state index in [9.17, 15) is 10.1 Å². The maximum absolute atomic E-state index is 12.4. The van der Waals surface area contributed by atoms with Crippen LogP contribution in [0.5, 0.6) is 11.6 Å². The lowest BCUT2D eigenvalue weighted by atomic mass is 10.1. The summed E-state index contributed by atoms with van der Waals surface area (Å²) in [5.74, 6) is 0.658. The summed E-state index contributed by atoms with van der Waals surface area (Å²) < 4.78 is 18.7. The quantitative estimate of drug-likeness (QED) is 0.353. The first-order valence-electron chi connectivity index (χ1n) is 9.86. The average molecular weight is 399 g/mol. The molecule has 0 amide bonds. The van der Waals surface area contributed by atoms with Gasteiger partial charge in [-0.2, -0.15) is 10.2 Å². The number of aromatic nitrogens is 2. The van der Waals surface area contributed by atoms with Crippen LogP contribution in [0.15, 0.2) is 23.9 Å². The van der Waals surface area contributed by atoms with Crippen molar-refractivity contribution in [3.8, 4) is 17.7 Å². The van der Waals surface area contributed by atoms with Crippen LogP contribution < -0.4 is 9.47 Å². The Morgan fingerprint density at radius 1 is 1.21 bits per heavy atom. The molecule has 2 aromatic rings. The van der Waals surface area contributed by atoms with E-state index in [1.807, 2.05) is 59.7 Å². The topological polar surface area (TPSA) is 85.9 Å². The fourth-order valence-corrected chi connectivity index (χ4v) is 2.57. The second kappa shape index (κ2) is 9.97. The fourth-order valence-electron chi connectivity index (χ4n) is 2.57. The minimum atomic E-state index is -0.659. The number of nitrogens with zero attached hydrogens (tertiary/aromatic N) is 3. The van der Waals surface area contributed by atoms with Gasteiger partial charge >= 0.3 is 5.97 Å². The maximum Gasteiger partial charge on any atom is 0.348 e. The van der Waals surface area contributed by atoms with E-state index in [0.717, 1.165) is 6.42 Å². The highest BCUT2D eigenvalue weighted by molar-refractivity contribution is 5.98. The SMILES string of the molecule is CC(C)CCOC(=O)/C(C#N)=C/c1c(OC(C)C)nc2c(OC(C)C)cccn12. The standard InChI is InChI=1S/C22H29N3O4/c1-14(2)9-11-27-22(26)17(13-23)12-18-21(29-16(5)6)24-20-19(28-15(3)4)8-7-10-25(18)20/h7-8,10,12,14-16H,9,11H2,1-6H3/b17-12+.